The van der Waals surface area contributed by atoms with Crippen LogP contribution in [-0.2, 0) is 6.42 Å². The lowest BCUT2D eigenvalue weighted by Crippen LogP contribution is -2.45. The van der Waals surface area contributed by atoms with Crippen LogP contribution in [0.25, 0.3) is 33.1 Å². The quantitative estimate of drug-likeness (QED) is 0.0281. The molecule has 688 valence electrons. The van der Waals surface area contributed by atoms with Crippen LogP contribution in [0.15, 0.2) is 243 Å². The van der Waals surface area contributed by atoms with Gasteiger partial charge in [0.1, 0.15) is 53.9 Å². The third-order valence-corrected chi connectivity index (χ3v) is 34.2. The standard InChI is InChI=1S/C29H35ClN2O3Si.C23H21ClN2O2.C16H15ClO3.C13H19IN2Si.C8H9ClO.C8H8O3.6CH4/c1-19(20-10-13-22(30)14-11-20)35-25-15-12-21(17-26(25)34-5)27(33)24-18-32(36(6,7)29(2,3)4)28-23(24)9-8-16-31-28;1-15(17-6-8-19(24)9-7-17)28-21-10-5-16(13-22(21)27-2)12-18-14-26-23-20(18)4-3-11-25-23;1-11(13-4-6-14(17)7-5-13)20-15-8-3-12(10-18)9-16(15)19-2;1-13(2,3)17(4,5)16-9-11(14)10-7-6-8-15-12(10)16;1-6(10)7-2-4-8(9)5-3-7;1-11-8-4-6(5-9)2-3-7(8)10;;;;;;/h8-19,27,33H,1-7H3;3-11,13-15H,12H2,1-2H3,(H,25,26);3-11H,1-2H3;6-9H,1-5H3;2-6,10H,1H3;2-5,10H,1H3;6*1H4. The minimum Gasteiger partial charge on any atom is -0.504 e. The number of nitrogens with zero attached hydrogens (tertiary/aromatic N) is 5. The molecule has 0 radical (unpaired) electrons. The van der Waals surface area contributed by atoms with Crippen molar-refractivity contribution in [2.75, 3.05) is 28.4 Å². The van der Waals surface area contributed by atoms with Crippen LogP contribution < -0.4 is 33.2 Å². The Morgan fingerprint density at radius 1 is 0.438 bits per heavy atom. The number of ether oxygens (including phenoxy) is 7. The number of benzene rings is 8. The van der Waals surface area contributed by atoms with E-state index in [1.165, 1.54) is 39.8 Å². The number of aromatic nitrogens is 6. The minimum absolute atomic E-state index is 0. The highest BCUT2D eigenvalue weighted by atomic mass is 127. The van der Waals surface area contributed by atoms with Crippen LogP contribution in [0.3, 0.4) is 0 Å². The number of carbonyl (C=O) groups excluding carboxylic acids is 2. The van der Waals surface area contributed by atoms with E-state index in [-0.39, 0.29) is 73.7 Å². The molecule has 6 heterocycles. The molecule has 0 aliphatic rings. The highest BCUT2D eigenvalue weighted by Crippen LogP contribution is 2.44. The van der Waals surface area contributed by atoms with Crippen LogP contribution in [0, 0.1) is 3.57 Å². The molecular formula is C103H131Cl4IN6O12Si2. The Morgan fingerprint density at radius 2 is 0.797 bits per heavy atom. The van der Waals surface area contributed by atoms with Gasteiger partial charge < -0.3 is 61.9 Å². The van der Waals surface area contributed by atoms with Crippen LogP contribution in [0.4, 0.5) is 0 Å². The van der Waals surface area contributed by atoms with Gasteiger partial charge in [0.15, 0.2) is 62.5 Å². The normalized spacial score (nSPS) is 12.0. The molecule has 0 spiro atoms. The second-order valence-corrected chi connectivity index (χ2v) is 45.2. The van der Waals surface area contributed by atoms with E-state index in [4.69, 9.17) is 94.8 Å². The first-order valence-electron chi connectivity index (χ1n) is 39.6. The Balaban J connectivity index is 0.000000413. The van der Waals surface area contributed by atoms with E-state index in [0.29, 0.717) is 77.0 Å². The first-order chi connectivity index (χ1) is 57.9. The number of hydrogen-bond acceptors (Lipinski definition) is 15. The molecule has 0 bridgehead atoms. The van der Waals surface area contributed by atoms with E-state index in [1.54, 1.807) is 64.8 Å². The number of aromatic amines is 1. The van der Waals surface area contributed by atoms with Crippen molar-refractivity contribution in [3.05, 3.63) is 323 Å². The van der Waals surface area contributed by atoms with E-state index in [2.05, 4.69) is 144 Å². The fourth-order valence-corrected chi connectivity index (χ4v) is 17.9. The maximum Gasteiger partial charge on any atom is 0.163 e. The van der Waals surface area contributed by atoms with Gasteiger partial charge in [-0.15, -0.1) is 0 Å². The van der Waals surface area contributed by atoms with Crippen molar-refractivity contribution in [2.24, 2.45) is 0 Å². The Labute approximate surface area is 795 Å². The number of aliphatic hydroxyl groups is 2. The molecule has 5 atom stereocenters. The number of rotatable bonds is 22. The molecule has 0 aliphatic carbocycles. The maximum atomic E-state index is 11.5. The Kier molecular flexibility index (Phi) is 44.3. The average Bonchev–Trinajstić information content (AvgIpc) is 1.59. The number of aromatic hydroxyl groups is 1. The summed E-state index contributed by atoms with van der Waals surface area (Å²) in [6, 6.07) is 63.2. The maximum absolute atomic E-state index is 11.5. The summed E-state index contributed by atoms with van der Waals surface area (Å²) in [5.74, 6) is 4.11. The second-order valence-electron chi connectivity index (χ2n) is 32.1. The highest BCUT2D eigenvalue weighted by Gasteiger charge is 2.41. The molecule has 0 aliphatic heterocycles. The topological polar surface area (TPSA) is 224 Å². The number of hydrogen-bond donors (Lipinski definition) is 4. The predicted molar refractivity (Wildman–Crippen MR) is 549 cm³/mol. The van der Waals surface area contributed by atoms with Crippen LogP contribution in [0.2, 0.25) is 56.4 Å². The van der Waals surface area contributed by atoms with Gasteiger partial charge in [-0.3, -0.25) is 9.59 Å². The summed E-state index contributed by atoms with van der Waals surface area (Å²) in [4.78, 5) is 37.9. The number of fused-ring (bicyclic) bond motifs is 3. The van der Waals surface area contributed by atoms with Crippen molar-refractivity contribution in [1.29, 1.82) is 0 Å². The van der Waals surface area contributed by atoms with Gasteiger partial charge in [-0.1, -0.05) is 219 Å². The third kappa shape index (κ3) is 28.9. The number of carbonyl (C=O) groups is 2. The largest absolute Gasteiger partial charge is 0.504 e. The van der Waals surface area contributed by atoms with E-state index >= 15 is 0 Å². The molecule has 25 heteroatoms. The average molecular weight is 1970 g/mol. The lowest BCUT2D eigenvalue weighted by molar-refractivity contribution is 0.111. The number of methoxy groups -OCH3 is 4. The lowest BCUT2D eigenvalue weighted by Gasteiger charge is -2.38. The number of H-pyrrole nitrogens is 1. The molecule has 0 saturated heterocycles. The van der Waals surface area contributed by atoms with Crippen LogP contribution in [-0.4, -0.2) is 101 Å². The predicted octanol–water partition coefficient (Wildman–Crippen LogP) is 29.9. The van der Waals surface area contributed by atoms with Gasteiger partial charge in [-0.25, -0.2) is 15.0 Å². The third-order valence-electron chi connectivity index (χ3n) is 21.9. The summed E-state index contributed by atoms with van der Waals surface area (Å²) in [5.41, 5.74) is 11.9. The Bertz CT molecular complexity index is 5780. The number of phenolic OH excluding ortho intramolecular Hbond substituents is 1. The smallest absolute Gasteiger partial charge is 0.163 e. The summed E-state index contributed by atoms with van der Waals surface area (Å²) in [6.45, 7) is 31.0. The summed E-state index contributed by atoms with van der Waals surface area (Å²) < 4.78 is 45.5. The van der Waals surface area contributed by atoms with Crippen molar-refractivity contribution in [3.8, 4) is 46.0 Å². The zero-order valence-corrected chi connectivity index (χ0v) is 79.2. The summed E-state index contributed by atoms with van der Waals surface area (Å²) in [6.07, 6.45) is 12.4. The van der Waals surface area contributed by atoms with Crippen LogP contribution in [0.5, 0.6) is 46.0 Å². The number of halogens is 5. The molecule has 14 aromatic rings. The Morgan fingerprint density at radius 3 is 1.23 bits per heavy atom. The van der Waals surface area contributed by atoms with Crippen molar-refractivity contribution in [1.82, 2.24) is 28.4 Å². The molecule has 0 saturated carbocycles. The van der Waals surface area contributed by atoms with Gasteiger partial charge in [0.05, 0.1) is 34.5 Å². The summed E-state index contributed by atoms with van der Waals surface area (Å²) >= 11 is 25.9. The number of aliphatic hydroxyl groups excluding tert-OH is 2. The molecule has 128 heavy (non-hydrogen) atoms. The van der Waals surface area contributed by atoms with E-state index < -0.39 is 28.7 Å². The van der Waals surface area contributed by atoms with E-state index in [1.807, 2.05) is 179 Å². The first kappa shape index (κ1) is 112. The Hall–Kier alpha value is -10.2. The van der Waals surface area contributed by atoms with Gasteiger partial charge in [-0.2, -0.15) is 0 Å². The lowest BCUT2D eigenvalue weighted by atomic mass is 10.0. The zero-order valence-electron chi connectivity index (χ0n) is 72.0. The zero-order chi connectivity index (χ0) is 89.0. The molecule has 4 N–H and O–H groups in total. The SMILES string of the molecule is C.C.C.C.C.C.CC(C)(C)[Si](C)(C)n1cc(I)c2cccnc21.CC(O)c1ccc(Cl)cc1.COc1cc(C(O)c2cn([Si](C)(C)C(C)(C)C)c3ncccc23)ccc1OC(C)c1ccc(Cl)cc1.COc1cc(C=O)ccc1O.COc1cc(C=O)ccc1OC(C)c1ccc(Cl)cc1.COc1cc(Cc2c[nH]c3ncccc23)ccc1OC(C)c1ccc(Cl)cc1. The molecule has 8 aromatic carbocycles. The van der Waals surface area contributed by atoms with Gasteiger partial charge in [-0.05, 0) is 251 Å². The molecule has 14 rings (SSSR count). The number of aldehydes is 2. The van der Waals surface area contributed by atoms with Gasteiger partial charge in [0.2, 0.25) is 0 Å². The second kappa shape index (κ2) is 50.7. The molecule has 18 nitrogen and oxygen atoms in total. The van der Waals surface area contributed by atoms with Gasteiger partial charge >= 0.3 is 0 Å². The number of nitrogens with one attached hydrogen (secondary N) is 1. The van der Waals surface area contributed by atoms with Gasteiger partial charge in [0, 0.05) is 93.7 Å². The molecule has 0 amide bonds. The number of pyridine rings is 3. The van der Waals surface area contributed by atoms with Crippen molar-refractivity contribution in [3.63, 3.8) is 0 Å². The molecule has 6 aromatic heterocycles. The molecule has 5 unspecified atom stereocenters. The fourth-order valence-electron chi connectivity index (χ4n) is 12.7. The van der Waals surface area contributed by atoms with E-state index in [9.17, 15) is 14.7 Å². The van der Waals surface area contributed by atoms with Crippen molar-refractivity contribution < 1.29 is 58.1 Å². The molecular weight excluding hydrogens is 1840 g/mol. The van der Waals surface area contributed by atoms with Crippen molar-refractivity contribution >= 4 is 131 Å². The highest BCUT2D eigenvalue weighted by molar-refractivity contribution is 14.1. The monoisotopic (exact) mass is 1970 g/mol. The fraction of sp³-hybridized carbons (Fsp3) is 0.311. The van der Waals surface area contributed by atoms with Gasteiger partial charge in [0.25, 0.3) is 0 Å². The first-order valence-corrected chi connectivity index (χ1v) is 48.1. The summed E-state index contributed by atoms with van der Waals surface area (Å²) in [7, 11) is 2.71. The van der Waals surface area contributed by atoms with Crippen molar-refractivity contribution in [2.45, 2.75) is 187 Å². The molecule has 0 fully saturated rings. The number of phenols is 1. The van der Waals surface area contributed by atoms with Crippen LogP contribution in [0.1, 0.15) is 210 Å². The minimum atomic E-state index is -1.96. The van der Waals surface area contributed by atoms with E-state index in [0.717, 1.165) is 85.1 Å². The summed E-state index contributed by atoms with van der Waals surface area (Å²) in [5, 5.41) is 36.3. The van der Waals surface area contributed by atoms with Crippen LogP contribution >= 0.6 is 69.0 Å².